The molecular weight excluding hydrogens is 406 g/mol. The Morgan fingerprint density at radius 1 is 0.969 bits per heavy atom. The number of aromatic nitrogens is 5. The maximum Gasteiger partial charge on any atom is 0.312 e. The topological polar surface area (TPSA) is 114 Å². The van der Waals surface area contributed by atoms with Crippen LogP contribution in [0.2, 0.25) is 0 Å². The predicted molar refractivity (Wildman–Crippen MR) is 120 cm³/mol. The number of aliphatic carboxylic acids is 1. The van der Waals surface area contributed by atoms with Crippen LogP contribution in [0.25, 0.3) is 34.0 Å². The molecule has 0 fully saturated rings. The van der Waals surface area contributed by atoms with Crippen LogP contribution in [0.1, 0.15) is 19.4 Å². The van der Waals surface area contributed by atoms with Gasteiger partial charge in [-0.2, -0.15) is 0 Å². The zero-order valence-corrected chi connectivity index (χ0v) is 18.0. The standard InChI is InChI=1S/C24H23N5O3/c1-15-6-4-5-7-17(15)20-12-28-22(29-20)18-9-8-16(10-25-18)19-11-27-21(13-26-19)32-14-24(2,3)23(30)31/h4-13H,14H2,1-3H3,(H,28,29)(H,30,31). The van der Waals surface area contributed by atoms with E-state index in [1.165, 1.54) is 11.8 Å². The number of hydrogen-bond donors (Lipinski definition) is 2. The molecule has 8 heteroatoms. The maximum absolute atomic E-state index is 11.2. The molecule has 32 heavy (non-hydrogen) atoms. The number of pyridine rings is 1. The van der Waals surface area contributed by atoms with Crippen molar-refractivity contribution < 1.29 is 14.6 Å². The Bertz CT molecular complexity index is 1230. The average Bonchev–Trinajstić information content (AvgIpc) is 3.28. The fourth-order valence-electron chi connectivity index (χ4n) is 3.00. The van der Waals surface area contributed by atoms with Crippen LogP contribution in [0.3, 0.4) is 0 Å². The molecule has 0 amide bonds. The van der Waals surface area contributed by atoms with Crippen LogP contribution < -0.4 is 4.74 Å². The van der Waals surface area contributed by atoms with E-state index in [-0.39, 0.29) is 12.5 Å². The van der Waals surface area contributed by atoms with E-state index in [0.29, 0.717) is 11.5 Å². The number of carbonyl (C=O) groups is 1. The molecule has 3 heterocycles. The van der Waals surface area contributed by atoms with E-state index < -0.39 is 11.4 Å². The van der Waals surface area contributed by atoms with Crippen molar-refractivity contribution in [1.82, 2.24) is 24.9 Å². The first-order chi connectivity index (χ1) is 15.3. The second-order valence-electron chi connectivity index (χ2n) is 8.11. The Balaban J connectivity index is 1.46. The van der Waals surface area contributed by atoms with Crippen molar-refractivity contribution in [3.8, 4) is 39.9 Å². The molecule has 0 unspecified atom stereocenters. The normalized spacial score (nSPS) is 11.3. The van der Waals surface area contributed by atoms with Gasteiger partial charge in [0, 0.05) is 17.3 Å². The Morgan fingerprint density at radius 3 is 2.41 bits per heavy atom. The lowest BCUT2D eigenvalue weighted by Gasteiger charge is -2.18. The number of hydrogen-bond acceptors (Lipinski definition) is 6. The summed E-state index contributed by atoms with van der Waals surface area (Å²) in [7, 11) is 0. The van der Waals surface area contributed by atoms with E-state index in [9.17, 15) is 4.79 Å². The summed E-state index contributed by atoms with van der Waals surface area (Å²) in [5.41, 5.74) is 4.35. The predicted octanol–water partition coefficient (Wildman–Crippen LogP) is 4.39. The van der Waals surface area contributed by atoms with Gasteiger partial charge in [-0.15, -0.1) is 0 Å². The van der Waals surface area contributed by atoms with E-state index in [1.807, 2.05) is 30.5 Å². The fourth-order valence-corrected chi connectivity index (χ4v) is 3.00. The van der Waals surface area contributed by atoms with Gasteiger partial charge in [0.1, 0.15) is 12.3 Å². The van der Waals surface area contributed by atoms with Crippen LogP contribution >= 0.6 is 0 Å². The molecule has 2 N–H and O–H groups in total. The Morgan fingerprint density at radius 2 is 1.75 bits per heavy atom. The number of carboxylic acids is 1. The molecule has 0 aliphatic rings. The third-order valence-corrected chi connectivity index (χ3v) is 5.10. The minimum absolute atomic E-state index is 0.000252. The quantitative estimate of drug-likeness (QED) is 0.448. The van der Waals surface area contributed by atoms with E-state index in [2.05, 4.69) is 44.0 Å². The monoisotopic (exact) mass is 429 g/mol. The van der Waals surface area contributed by atoms with Crippen molar-refractivity contribution >= 4 is 5.97 Å². The van der Waals surface area contributed by atoms with Crippen molar-refractivity contribution in [2.75, 3.05) is 6.61 Å². The summed E-state index contributed by atoms with van der Waals surface area (Å²) in [4.78, 5) is 32.0. The molecule has 8 nitrogen and oxygen atoms in total. The van der Waals surface area contributed by atoms with Crippen LogP contribution in [-0.4, -0.2) is 42.6 Å². The van der Waals surface area contributed by atoms with Gasteiger partial charge in [0.05, 0.1) is 35.4 Å². The van der Waals surface area contributed by atoms with Gasteiger partial charge < -0.3 is 14.8 Å². The summed E-state index contributed by atoms with van der Waals surface area (Å²) in [6.07, 6.45) is 6.57. The van der Waals surface area contributed by atoms with Crippen molar-refractivity contribution in [1.29, 1.82) is 0 Å². The van der Waals surface area contributed by atoms with Gasteiger partial charge in [-0.1, -0.05) is 24.3 Å². The molecular formula is C24H23N5O3. The van der Waals surface area contributed by atoms with Crippen LogP contribution in [0.4, 0.5) is 0 Å². The first-order valence-electron chi connectivity index (χ1n) is 10.1. The summed E-state index contributed by atoms with van der Waals surface area (Å²) in [5.74, 6) is 0.0217. The highest BCUT2D eigenvalue weighted by molar-refractivity contribution is 5.73. The second-order valence-corrected chi connectivity index (χ2v) is 8.11. The molecule has 3 aromatic heterocycles. The van der Waals surface area contributed by atoms with E-state index in [0.717, 1.165) is 22.5 Å². The van der Waals surface area contributed by atoms with Gasteiger partial charge >= 0.3 is 5.97 Å². The van der Waals surface area contributed by atoms with E-state index in [1.54, 1.807) is 26.2 Å². The molecule has 0 spiro atoms. The third kappa shape index (κ3) is 4.49. The van der Waals surface area contributed by atoms with Crippen molar-refractivity contribution in [3.63, 3.8) is 0 Å². The number of rotatable bonds is 7. The molecule has 0 saturated carbocycles. The highest BCUT2D eigenvalue weighted by atomic mass is 16.5. The highest BCUT2D eigenvalue weighted by Gasteiger charge is 2.28. The third-order valence-electron chi connectivity index (χ3n) is 5.10. The smallest absolute Gasteiger partial charge is 0.312 e. The Labute approximate surface area is 185 Å². The number of H-pyrrole nitrogens is 1. The van der Waals surface area contributed by atoms with Gasteiger partial charge in [0.15, 0.2) is 5.82 Å². The van der Waals surface area contributed by atoms with Crippen LogP contribution in [0.15, 0.2) is 61.2 Å². The number of ether oxygens (including phenoxy) is 1. The van der Waals surface area contributed by atoms with Gasteiger partial charge in [-0.3, -0.25) is 9.78 Å². The molecule has 0 saturated heterocycles. The second kappa shape index (κ2) is 8.58. The maximum atomic E-state index is 11.2. The number of carboxylic acid groups (broad SMARTS) is 1. The number of benzene rings is 1. The van der Waals surface area contributed by atoms with Gasteiger partial charge in [0.2, 0.25) is 5.88 Å². The Kier molecular flexibility index (Phi) is 5.68. The summed E-state index contributed by atoms with van der Waals surface area (Å²) in [6, 6.07) is 11.9. The molecule has 0 radical (unpaired) electrons. The summed E-state index contributed by atoms with van der Waals surface area (Å²) in [5, 5.41) is 9.16. The number of aromatic amines is 1. The minimum Gasteiger partial charge on any atom is -0.481 e. The van der Waals surface area contributed by atoms with E-state index >= 15 is 0 Å². The van der Waals surface area contributed by atoms with Crippen molar-refractivity contribution in [2.24, 2.45) is 5.41 Å². The number of imidazole rings is 1. The van der Waals surface area contributed by atoms with Gasteiger partial charge in [-0.05, 0) is 38.5 Å². The first-order valence-corrected chi connectivity index (χ1v) is 10.1. The lowest BCUT2D eigenvalue weighted by molar-refractivity contribution is -0.148. The summed E-state index contributed by atoms with van der Waals surface area (Å²) in [6.45, 7) is 5.24. The molecule has 4 rings (SSSR count). The molecule has 162 valence electrons. The molecule has 0 bridgehead atoms. The SMILES string of the molecule is Cc1ccccc1-c1cnc(-c2ccc(-c3cnc(OCC(C)(C)C(=O)O)cn3)cn2)[nH]1. The zero-order chi connectivity index (χ0) is 22.7. The molecule has 1 aromatic carbocycles. The molecule has 0 aliphatic heterocycles. The van der Waals surface area contributed by atoms with Gasteiger partial charge in [0.25, 0.3) is 0 Å². The molecule has 4 aromatic rings. The lowest BCUT2D eigenvalue weighted by atomic mass is 9.95. The summed E-state index contributed by atoms with van der Waals surface area (Å²) >= 11 is 0. The highest BCUT2D eigenvalue weighted by Crippen LogP contribution is 2.25. The molecule has 0 aliphatic carbocycles. The first kappa shape index (κ1) is 21.2. The van der Waals surface area contributed by atoms with E-state index in [4.69, 9.17) is 9.84 Å². The largest absolute Gasteiger partial charge is 0.481 e. The van der Waals surface area contributed by atoms with Crippen LogP contribution in [0.5, 0.6) is 5.88 Å². The fraction of sp³-hybridized carbons (Fsp3) is 0.208. The van der Waals surface area contributed by atoms with Crippen LogP contribution in [0, 0.1) is 12.3 Å². The lowest BCUT2D eigenvalue weighted by Crippen LogP contribution is -2.30. The summed E-state index contributed by atoms with van der Waals surface area (Å²) < 4.78 is 5.46. The zero-order valence-electron chi connectivity index (χ0n) is 18.0. The average molecular weight is 429 g/mol. The Hall–Kier alpha value is -4.07. The van der Waals surface area contributed by atoms with Crippen molar-refractivity contribution in [2.45, 2.75) is 20.8 Å². The number of aryl methyl sites for hydroxylation is 1. The van der Waals surface area contributed by atoms with Gasteiger partial charge in [-0.25, -0.2) is 15.0 Å². The number of nitrogens with zero attached hydrogens (tertiary/aromatic N) is 4. The molecule has 0 atom stereocenters. The van der Waals surface area contributed by atoms with Crippen LogP contribution in [-0.2, 0) is 4.79 Å². The minimum atomic E-state index is -1.01. The number of nitrogens with one attached hydrogen (secondary N) is 1. The van der Waals surface area contributed by atoms with Crippen molar-refractivity contribution in [3.05, 3.63) is 66.7 Å².